The number of hydrogen-bond acceptors (Lipinski definition) is 2. The second kappa shape index (κ2) is 4.20. The molecule has 0 amide bonds. The van der Waals surface area contributed by atoms with Crippen LogP contribution >= 0.6 is 0 Å². The molecule has 1 aromatic carbocycles. The minimum atomic E-state index is 0.498. The quantitative estimate of drug-likeness (QED) is 0.763. The predicted octanol–water partition coefficient (Wildman–Crippen LogP) is 3.30. The van der Waals surface area contributed by atoms with Gasteiger partial charge in [0.2, 0.25) is 0 Å². The molecular formula is C16H20N2. The number of anilines is 2. The Hall–Kier alpha value is -1.70. The van der Waals surface area contributed by atoms with E-state index >= 15 is 0 Å². The van der Waals surface area contributed by atoms with Crippen LogP contribution in [0.2, 0.25) is 0 Å². The highest BCUT2D eigenvalue weighted by atomic mass is 15.2. The first kappa shape index (κ1) is 11.4. The van der Waals surface area contributed by atoms with E-state index in [1.54, 1.807) is 0 Å². The molecule has 3 rings (SSSR count). The number of hydrogen-bond donors (Lipinski definition) is 1. The van der Waals surface area contributed by atoms with Crippen LogP contribution in [0.25, 0.3) is 0 Å². The molecule has 0 aromatic heterocycles. The Balaban J connectivity index is 1.93. The summed E-state index contributed by atoms with van der Waals surface area (Å²) in [7, 11) is 0. The van der Waals surface area contributed by atoms with Gasteiger partial charge in [0.05, 0.1) is 6.04 Å². The van der Waals surface area contributed by atoms with Crippen LogP contribution in [0.3, 0.4) is 0 Å². The molecule has 1 aromatic rings. The van der Waals surface area contributed by atoms with Crippen LogP contribution in [0.1, 0.15) is 25.8 Å². The largest absolute Gasteiger partial charge is 0.399 e. The molecule has 18 heavy (non-hydrogen) atoms. The van der Waals surface area contributed by atoms with E-state index < -0.39 is 0 Å². The molecule has 0 radical (unpaired) electrons. The lowest BCUT2D eigenvalue weighted by Crippen LogP contribution is -2.33. The third-order valence-electron chi connectivity index (χ3n) is 3.90. The fraction of sp³-hybridized carbons (Fsp3) is 0.375. The Morgan fingerprint density at radius 3 is 2.89 bits per heavy atom. The SMILES string of the molecule is CC1=CC(N2CCc3ccc(N)cc32)CC(C)=C1. The van der Waals surface area contributed by atoms with Gasteiger partial charge in [-0.2, -0.15) is 0 Å². The molecule has 2 heteroatoms. The summed E-state index contributed by atoms with van der Waals surface area (Å²) in [6, 6.07) is 6.81. The van der Waals surface area contributed by atoms with Gasteiger partial charge in [-0.3, -0.25) is 0 Å². The highest BCUT2D eigenvalue weighted by Gasteiger charge is 2.26. The minimum Gasteiger partial charge on any atom is -0.399 e. The maximum Gasteiger partial charge on any atom is 0.0515 e. The van der Waals surface area contributed by atoms with Gasteiger partial charge in [0.1, 0.15) is 0 Å². The number of benzene rings is 1. The second-order valence-electron chi connectivity index (χ2n) is 5.50. The van der Waals surface area contributed by atoms with Crippen molar-refractivity contribution in [3.05, 3.63) is 47.1 Å². The van der Waals surface area contributed by atoms with Crippen LogP contribution < -0.4 is 10.6 Å². The average molecular weight is 240 g/mol. The average Bonchev–Trinajstić information content (AvgIpc) is 2.70. The summed E-state index contributed by atoms with van der Waals surface area (Å²) in [4.78, 5) is 2.51. The van der Waals surface area contributed by atoms with Crippen molar-refractivity contribution in [2.75, 3.05) is 17.2 Å². The highest BCUT2D eigenvalue weighted by Crippen LogP contribution is 2.34. The van der Waals surface area contributed by atoms with Gasteiger partial charge in [0.25, 0.3) is 0 Å². The normalized spacial score (nSPS) is 22.6. The molecular weight excluding hydrogens is 220 g/mol. The molecule has 1 aliphatic carbocycles. The Labute approximate surface area is 109 Å². The van der Waals surface area contributed by atoms with Crippen molar-refractivity contribution in [1.82, 2.24) is 0 Å². The number of rotatable bonds is 1. The fourth-order valence-electron chi connectivity index (χ4n) is 3.15. The summed E-state index contributed by atoms with van der Waals surface area (Å²) in [6.45, 7) is 5.52. The smallest absolute Gasteiger partial charge is 0.0515 e. The lowest BCUT2D eigenvalue weighted by Gasteiger charge is -2.31. The summed E-state index contributed by atoms with van der Waals surface area (Å²) in [5.41, 5.74) is 12.4. The van der Waals surface area contributed by atoms with Crippen molar-refractivity contribution in [3.63, 3.8) is 0 Å². The number of nitrogens with two attached hydrogens (primary N) is 1. The summed E-state index contributed by atoms with van der Waals surface area (Å²) >= 11 is 0. The van der Waals surface area contributed by atoms with Crippen molar-refractivity contribution in [2.24, 2.45) is 0 Å². The standard InChI is InChI=1S/C16H20N2/c1-11-7-12(2)9-15(8-11)18-6-5-13-3-4-14(17)10-16(13)18/h3-4,7-8,10,15H,5-6,9,17H2,1-2H3. The van der Waals surface area contributed by atoms with Crippen LogP contribution in [0.15, 0.2) is 41.5 Å². The van der Waals surface area contributed by atoms with Crippen LogP contribution in [0.5, 0.6) is 0 Å². The molecule has 1 atom stereocenters. The van der Waals surface area contributed by atoms with Gasteiger partial charge in [0.15, 0.2) is 0 Å². The van der Waals surface area contributed by atoms with Crippen molar-refractivity contribution >= 4 is 11.4 Å². The zero-order chi connectivity index (χ0) is 12.7. The molecule has 0 fully saturated rings. The van der Waals surface area contributed by atoms with E-state index in [0.717, 1.165) is 25.1 Å². The Kier molecular flexibility index (Phi) is 2.66. The van der Waals surface area contributed by atoms with Crippen LogP contribution in [0.4, 0.5) is 11.4 Å². The van der Waals surface area contributed by atoms with E-state index in [-0.39, 0.29) is 0 Å². The van der Waals surface area contributed by atoms with E-state index in [4.69, 9.17) is 5.73 Å². The number of nitrogens with zero attached hydrogens (tertiary/aromatic N) is 1. The summed E-state index contributed by atoms with van der Waals surface area (Å²) in [6.07, 6.45) is 6.94. The molecule has 2 nitrogen and oxygen atoms in total. The van der Waals surface area contributed by atoms with Crippen molar-refractivity contribution in [3.8, 4) is 0 Å². The van der Waals surface area contributed by atoms with E-state index in [1.807, 2.05) is 6.07 Å². The highest BCUT2D eigenvalue weighted by molar-refractivity contribution is 5.65. The van der Waals surface area contributed by atoms with Crippen LogP contribution in [-0.2, 0) is 6.42 Å². The third kappa shape index (κ3) is 1.92. The summed E-state index contributed by atoms with van der Waals surface area (Å²) < 4.78 is 0. The topological polar surface area (TPSA) is 29.3 Å². The van der Waals surface area contributed by atoms with E-state index in [1.165, 1.54) is 22.4 Å². The Bertz CT molecular complexity index is 540. The van der Waals surface area contributed by atoms with Gasteiger partial charge in [-0.25, -0.2) is 0 Å². The van der Waals surface area contributed by atoms with E-state index in [0.29, 0.717) is 6.04 Å². The summed E-state index contributed by atoms with van der Waals surface area (Å²) in [5, 5.41) is 0. The molecule has 0 saturated heterocycles. The third-order valence-corrected chi connectivity index (χ3v) is 3.90. The van der Waals surface area contributed by atoms with E-state index in [9.17, 15) is 0 Å². The number of allylic oxidation sites excluding steroid dienone is 2. The molecule has 1 unspecified atom stereocenters. The van der Waals surface area contributed by atoms with Gasteiger partial charge >= 0.3 is 0 Å². The Morgan fingerprint density at radius 2 is 2.11 bits per heavy atom. The molecule has 0 bridgehead atoms. The monoisotopic (exact) mass is 240 g/mol. The molecule has 0 saturated carbocycles. The molecule has 94 valence electrons. The molecule has 2 aliphatic rings. The van der Waals surface area contributed by atoms with Gasteiger partial charge in [-0.05, 0) is 44.4 Å². The van der Waals surface area contributed by atoms with Crippen LogP contribution in [0, 0.1) is 0 Å². The van der Waals surface area contributed by atoms with Crippen LogP contribution in [-0.4, -0.2) is 12.6 Å². The maximum absolute atomic E-state index is 5.92. The first-order valence-electron chi connectivity index (χ1n) is 6.64. The lowest BCUT2D eigenvalue weighted by atomic mass is 9.96. The first-order chi connectivity index (χ1) is 8.63. The minimum absolute atomic E-state index is 0.498. The Morgan fingerprint density at radius 1 is 1.28 bits per heavy atom. The number of nitrogen functional groups attached to an aromatic ring is 1. The summed E-state index contributed by atoms with van der Waals surface area (Å²) in [5.74, 6) is 0. The fourth-order valence-corrected chi connectivity index (χ4v) is 3.15. The van der Waals surface area contributed by atoms with Crippen molar-refractivity contribution in [1.29, 1.82) is 0 Å². The van der Waals surface area contributed by atoms with Crippen molar-refractivity contribution < 1.29 is 0 Å². The maximum atomic E-state index is 5.92. The van der Waals surface area contributed by atoms with Gasteiger partial charge in [-0.1, -0.05) is 29.4 Å². The van der Waals surface area contributed by atoms with Crippen molar-refractivity contribution in [2.45, 2.75) is 32.7 Å². The number of fused-ring (bicyclic) bond motifs is 1. The second-order valence-corrected chi connectivity index (χ2v) is 5.50. The molecule has 0 spiro atoms. The lowest BCUT2D eigenvalue weighted by molar-refractivity contribution is 0.688. The van der Waals surface area contributed by atoms with Gasteiger partial charge in [-0.15, -0.1) is 0 Å². The van der Waals surface area contributed by atoms with E-state index in [2.05, 4.69) is 43.0 Å². The predicted molar refractivity (Wildman–Crippen MR) is 77.8 cm³/mol. The molecule has 2 N–H and O–H groups in total. The molecule has 1 heterocycles. The first-order valence-corrected chi connectivity index (χ1v) is 6.64. The zero-order valence-corrected chi connectivity index (χ0v) is 11.1. The molecule has 1 aliphatic heterocycles. The zero-order valence-electron chi connectivity index (χ0n) is 11.1. The van der Waals surface area contributed by atoms with Gasteiger partial charge in [0, 0.05) is 17.9 Å². The van der Waals surface area contributed by atoms with Gasteiger partial charge < -0.3 is 10.6 Å².